The molecule has 1 aliphatic heterocycles. The number of rotatable bonds is 4. The van der Waals surface area contributed by atoms with Crippen LogP contribution in [0.15, 0.2) is 28.7 Å². The molecule has 1 aromatic rings. The van der Waals surface area contributed by atoms with Crippen molar-refractivity contribution in [3.05, 3.63) is 51.2 Å². The van der Waals surface area contributed by atoms with Gasteiger partial charge in [-0.05, 0) is 63.7 Å². The molecule has 4 atom stereocenters. The van der Waals surface area contributed by atoms with Crippen molar-refractivity contribution in [1.82, 2.24) is 9.80 Å². The molecular formula is C29H36FN3O7. The summed E-state index contributed by atoms with van der Waals surface area (Å²) < 4.78 is 16.0. The van der Waals surface area contributed by atoms with Gasteiger partial charge in [0, 0.05) is 35.7 Å². The van der Waals surface area contributed by atoms with Crippen LogP contribution in [0.3, 0.4) is 0 Å². The van der Waals surface area contributed by atoms with Crippen LogP contribution in [0.4, 0.5) is 4.39 Å². The molecule has 1 amide bonds. The van der Waals surface area contributed by atoms with Crippen LogP contribution in [0.2, 0.25) is 0 Å². The fourth-order valence-corrected chi connectivity index (χ4v) is 7.39. The summed E-state index contributed by atoms with van der Waals surface area (Å²) in [4.78, 5) is 42.7. The molecule has 40 heavy (non-hydrogen) atoms. The van der Waals surface area contributed by atoms with Gasteiger partial charge in [0.1, 0.15) is 28.7 Å². The summed E-state index contributed by atoms with van der Waals surface area (Å²) in [6.45, 7) is 6.11. The normalized spacial score (nSPS) is 30.3. The third-order valence-electron chi connectivity index (χ3n) is 9.10. The number of nitrogens with zero attached hydrogens (tertiary/aromatic N) is 2. The molecule has 5 rings (SSSR count). The second kappa shape index (κ2) is 9.39. The van der Waals surface area contributed by atoms with Crippen LogP contribution in [0.5, 0.6) is 5.75 Å². The summed E-state index contributed by atoms with van der Waals surface area (Å²) >= 11 is 0. The van der Waals surface area contributed by atoms with Gasteiger partial charge in [-0.15, -0.1) is 0 Å². The van der Waals surface area contributed by atoms with E-state index in [1.165, 1.54) is 11.0 Å². The molecule has 0 aromatic heterocycles. The Labute approximate surface area is 231 Å². The van der Waals surface area contributed by atoms with E-state index in [0.717, 1.165) is 25.9 Å². The summed E-state index contributed by atoms with van der Waals surface area (Å²) in [5.74, 6) is -8.13. The fourth-order valence-electron chi connectivity index (χ4n) is 7.39. The van der Waals surface area contributed by atoms with E-state index < -0.39 is 69.6 Å². The smallest absolute Gasteiger partial charge is 0.255 e. The Kier molecular flexibility index (Phi) is 6.63. The zero-order valence-corrected chi connectivity index (χ0v) is 23.1. The first-order chi connectivity index (χ1) is 18.6. The van der Waals surface area contributed by atoms with Crippen LogP contribution < -0.4 is 5.73 Å². The Morgan fingerprint density at radius 3 is 2.50 bits per heavy atom. The molecule has 0 unspecified atom stereocenters. The molecule has 216 valence electrons. The highest BCUT2D eigenvalue weighted by Crippen LogP contribution is 2.52. The zero-order valence-electron chi connectivity index (χ0n) is 23.1. The molecule has 0 bridgehead atoms. The van der Waals surface area contributed by atoms with E-state index in [9.17, 15) is 34.8 Å². The lowest BCUT2D eigenvalue weighted by molar-refractivity contribution is -0.148. The molecule has 3 aliphatic carbocycles. The van der Waals surface area contributed by atoms with Gasteiger partial charge in [-0.1, -0.05) is 13.8 Å². The molecule has 1 aromatic carbocycles. The largest absolute Gasteiger partial charge is 0.510 e. The predicted octanol–water partition coefficient (Wildman–Crippen LogP) is 1.88. The summed E-state index contributed by atoms with van der Waals surface area (Å²) in [7, 11) is 3.11. The van der Waals surface area contributed by atoms with Gasteiger partial charge >= 0.3 is 0 Å². The number of likely N-dealkylation sites (tertiary alicyclic amines) is 1. The van der Waals surface area contributed by atoms with Crippen molar-refractivity contribution >= 4 is 17.5 Å². The highest BCUT2D eigenvalue weighted by molar-refractivity contribution is 6.24. The molecule has 6 N–H and O–H groups in total. The van der Waals surface area contributed by atoms with Crippen molar-refractivity contribution in [3.8, 4) is 5.75 Å². The Hall–Kier alpha value is -3.28. The van der Waals surface area contributed by atoms with Gasteiger partial charge in [0.15, 0.2) is 11.4 Å². The Balaban J connectivity index is 1.60. The molecule has 10 nitrogen and oxygen atoms in total. The minimum Gasteiger partial charge on any atom is -0.510 e. The van der Waals surface area contributed by atoms with E-state index >= 15 is 4.39 Å². The number of aliphatic hydroxyl groups is 3. The Morgan fingerprint density at radius 1 is 1.23 bits per heavy atom. The number of hydrogen-bond acceptors (Lipinski definition) is 9. The van der Waals surface area contributed by atoms with E-state index in [-0.39, 0.29) is 47.1 Å². The number of nitrogens with two attached hydrogens (primary N) is 1. The number of aromatic hydroxyl groups is 1. The number of likely N-dealkylation sites (N-methyl/N-ethyl adjacent to an activating group) is 1. The average Bonchev–Trinajstić information content (AvgIpc) is 2.83. The Morgan fingerprint density at radius 2 is 1.90 bits per heavy atom. The van der Waals surface area contributed by atoms with Crippen molar-refractivity contribution < 1.29 is 39.2 Å². The van der Waals surface area contributed by atoms with Crippen LogP contribution in [-0.4, -0.2) is 86.5 Å². The molecule has 1 heterocycles. The van der Waals surface area contributed by atoms with Crippen molar-refractivity contribution in [3.63, 3.8) is 0 Å². The first-order valence-electron chi connectivity index (χ1n) is 13.5. The second-order valence-corrected chi connectivity index (χ2v) is 12.7. The van der Waals surface area contributed by atoms with Crippen molar-refractivity contribution in [1.29, 1.82) is 0 Å². The maximum absolute atomic E-state index is 16.0. The van der Waals surface area contributed by atoms with Crippen molar-refractivity contribution in [2.24, 2.45) is 23.0 Å². The molecule has 0 radical (unpaired) electrons. The van der Waals surface area contributed by atoms with Gasteiger partial charge in [-0.3, -0.25) is 24.2 Å². The summed E-state index contributed by atoms with van der Waals surface area (Å²) in [5.41, 5.74) is 1.48. The van der Waals surface area contributed by atoms with Gasteiger partial charge in [0.25, 0.3) is 5.91 Å². The third-order valence-corrected chi connectivity index (χ3v) is 9.10. The van der Waals surface area contributed by atoms with Gasteiger partial charge in [-0.2, -0.15) is 0 Å². The summed E-state index contributed by atoms with van der Waals surface area (Å²) in [5, 5.41) is 44.7. The number of ketones is 2. The molecule has 0 saturated carbocycles. The highest BCUT2D eigenvalue weighted by atomic mass is 19.1. The molecule has 1 saturated heterocycles. The number of amides is 1. The van der Waals surface area contributed by atoms with Crippen LogP contribution in [0.25, 0.3) is 0 Å². The first-order valence-corrected chi connectivity index (χ1v) is 13.5. The number of phenolic OH excluding ortho intramolecular Hbond substituents is 1. The van der Waals surface area contributed by atoms with E-state index in [2.05, 4.69) is 18.7 Å². The Bertz CT molecular complexity index is 1400. The number of carbonyl (C=O) groups is 3. The molecule has 11 heteroatoms. The van der Waals surface area contributed by atoms with Crippen LogP contribution >= 0.6 is 0 Å². The molecule has 0 spiro atoms. The van der Waals surface area contributed by atoms with Crippen LogP contribution in [0.1, 0.15) is 54.6 Å². The zero-order chi connectivity index (χ0) is 29.5. The maximum Gasteiger partial charge on any atom is 0.255 e. The minimum absolute atomic E-state index is 0.0180. The molecule has 1 fully saturated rings. The molecular weight excluding hydrogens is 521 g/mol. The summed E-state index contributed by atoms with van der Waals surface area (Å²) in [6.07, 6.45) is 1.87. The quantitative estimate of drug-likeness (QED) is 0.348. The lowest BCUT2D eigenvalue weighted by atomic mass is 9.58. The standard InChI is InChI=1S/C29H36FN3O7/c1-28(2)6-5-7-33(12-28)11-14-10-17(34)19-15(21(14)30)8-13-9-16-22(32(3)4)24(36)20(27(31)39)26(38)29(16,40)25(37)18(13)23(19)35/h10,13,16,22,34,36-37,40H,5-9,11-12H2,1-4H3,(H2,31,39)/t13-,16-,22-,29-/m0/s1. The van der Waals surface area contributed by atoms with Crippen LogP contribution in [0, 0.1) is 23.1 Å². The van der Waals surface area contributed by atoms with Gasteiger partial charge in [0.05, 0.1) is 11.6 Å². The highest BCUT2D eigenvalue weighted by Gasteiger charge is 2.63. The van der Waals surface area contributed by atoms with Gasteiger partial charge in [0.2, 0.25) is 5.78 Å². The number of phenols is 1. The number of piperidine rings is 1. The number of benzene rings is 1. The number of fused-ring (bicyclic) bond motifs is 3. The predicted molar refractivity (Wildman–Crippen MR) is 142 cm³/mol. The maximum atomic E-state index is 16.0. The second-order valence-electron chi connectivity index (χ2n) is 12.7. The molecule has 4 aliphatic rings. The number of hydrogen-bond donors (Lipinski definition) is 5. The summed E-state index contributed by atoms with van der Waals surface area (Å²) in [6, 6.07) is 0.128. The number of allylic oxidation sites excluding steroid dienone is 1. The van der Waals surface area contributed by atoms with Gasteiger partial charge < -0.3 is 26.2 Å². The number of primary amides is 1. The van der Waals surface area contributed by atoms with Crippen molar-refractivity contribution in [2.45, 2.75) is 57.7 Å². The van der Waals surface area contributed by atoms with E-state index in [4.69, 9.17) is 5.73 Å². The number of carbonyl (C=O) groups excluding carboxylic acids is 3. The number of aliphatic hydroxyl groups excluding tert-OH is 2. The lowest BCUT2D eigenvalue weighted by Crippen LogP contribution is -2.63. The van der Waals surface area contributed by atoms with Crippen LogP contribution in [-0.2, 0) is 22.6 Å². The lowest BCUT2D eigenvalue weighted by Gasteiger charge is -2.50. The SMILES string of the molecule is CN(C)[C@@H]1C(O)=C(C(N)=O)C(=O)[C@@]2(O)C(O)=C3C(=O)c4c(O)cc(CN5CCCC(C)(C)C5)c(F)c4C[C@H]3C[C@@H]12. The average molecular weight is 558 g/mol. The fraction of sp³-hybridized carbons (Fsp3) is 0.552. The third kappa shape index (κ3) is 4.05. The topological polar surface area (TPSA) is 165 Å². The first kappa shape index (κ1) is 28.3. The van der Waals surface area contributed by atoms with E-state index in [1.807, 2.05) is 0 Å². The van der Waals surface area contributed by atoms with Crippen molar-refractivity contribution in [2.75, 3.05) is 27.2 Å². The van der Waals surface area contributed by atoms with Gasteiger partial charge in [-0.25, -0.2) is 4.39 Å². The monoisotopic (exact) mass is 557 g/mol. The number of Topliss-reactive ketones (excluding diaryl/α,β-unsaturated/α-hetero) is 2. The van der Waals surface area contributed by atoms with E-state index in [0.29, 0.717) is 0 Å². The van der Waals surface area contributed by atoms with E-state index in [1.54, 1.807) is 14.1 Å². The minimum atomic E-state index is -2.72. The number of halogens is 1.